The molecule has 4 rings (SSSR count). The largest absolute Gasteiger partial charge is 0.353 e. The molecule has 0 spiro atoms. The normalized spacial score (nSPS) is 22.3. The van der Waals surface area contributed by atoms with Gasteiger partial charge in [-0.05, 0) is 74.8 Å². The van der Waals surface area contributed by atoms with Crippen molar-refractivity contribution < 1.29 is 9.59 Å². The van der Waals surface area contributed by atoms with E-state index in [4.69, 9.17) is 0 Å². The quantitative estimate of drug-likeness (QED) is 0.738. The van der Waals surface area contributed by atoms with Gasteiger partial charge >= 0.3 is 0 Å². The third kappa shape index (κ3) is 4.42. The summed E-state index contributed by atoms with van der Waals surface area (Å²) in [6.07, 6.45) is 1.90. The molecule has 0 aliphatic carbocycles. The lowest BCUT2D eigenvalue weighted by Gasteiger charge is -2.36. The van der Waals surface area contributed by atoms with E-state index in [0.29, 0.717) is 19.0 Å². The molecule has 1 N–H and O–H groups in total. The minimum atomic E-state index is -0.247. The summed E-state index contributed by atoms with van der Waals surface area (Å²) in [5.41, 5.74) is 4.74. The van der Waals surface area contributed by atoms with Crippen LogP contribution in [-0.2, 0) is 4.79 Å². The molecule has 6 heteroatoms. The number of nitrogens with zero attached hydrogens (tertiary/aromatic N) is 3. The highest BCUT2D eigenvalue weighted by Crippen LogP contribution is 2.43. The van der Waals surface area contributed by atoms with E-state index in [-0.39, 0.29) is 29.2 Å². The van der Waals surface area contributed by atoms with Gasteiger partial charge in [0.1, 0.15) is 5.82 Å². The molecule has 2 amide bonds. The lowest BCUT2D eigenvalue weighted by molar-refractivity contribution is -0.121. The lowest BCUT2D eigenvalue weighted by Crippen LogP contribution is -2.49. The van der Waals surface area contributed by atoms with Gasteiger partial charge < -0.3 is 15.1 Å². The molecule has 1 aromatic heterocycles. The highest BCUT2D eigenvalue weighted by Gasteiger charge is 2.49. The van der Waals surface area contributed by atoms with Crippen molar-refractivity contribution in [2.24, 2.45) is 11.8 Å². The first-order valence-corrected chi connectivity index (χ1v) is 12.4. The molecule has 2 aliphatic heterocycles. The molecule has 0 bridgehead atoms. The molecule has 2 saturated heterocycles. The molecule has 182 valence electrons. The van der Waals surface area contributed by atoms with Crippen LogP contribution in [-0.4, -0.2) is 53.4 Å². The molecule has 2 fully saturated rings. The van der Waals surface area contributed by atoms with Crippen molar-refractivity contribution in [1.29, 1.82) is 0 Å². The van der Waals surface area contributed by atoms with Crippen molar-refractivity contribution in [3.8, 4) is 0 Å². The van der Waals surface area contributed by atoms with Gasteiger partial charge in [0.25, 0.3) is 5.91 Å². The van der Waals surface area contributed by atoms with Crippen LogP contribution in [0.25, 0.3) is 0 Å². The van der Waals surface area contributed by atoms with Crippen LogP contribution in [0.1, 0.15) is 66.2 Å². The van der Waals surface area contributed by atoms with E-state index in [1.807, 2.05) is 36.2 Å². The van der Waals surface area contributed by atoms with Gasteiger partial charge in [0, 0.05) is 43.5 Å². The summed E-state index contributed by atoms with van der Waals surface area (Å²) in [5, 5.41) is 3.18. The van der Waals surface area contributed by atoms with Crippen molar-refractivity contribution >= 4 is 17.6 Å². The van der Waals surface area contributed by atoms with Crippen molar-refractivity contribution in [3.63, 3.8) is 0 Å². The Kier molecular flexibility index (Phi) is 6.45. The molecule has 0 radical (unpaired) electrons. The number of piperazine rings is 1. The minimum Gasteiger partial charge on any atom is -0.353 e. The highest BCUT2D eigenvalue weighted by atomic mass is 16.2. The van der Waals surface area contributed by atoms with Crippen LogP contribution in [0.2, 0.25) is 0 Å². The number of hydrogen-bond acceptors (Lipinski definition) is 4. The molecule has 0 saturated carbocycles. The van der Waals surface area contributed by atoms with Crippen LogP contribution in [0.5, 0.6) is 0 Å². The van der Waals surface area contributed by atoms with Crippen molar-refractivity contribution in [1.82, 2.24) is 15.2 Å². The standard InChI is InChI=1S/C28H38N4O2/c1-17(2)24-23(26(33)30-28(24,6)7)21-8-9-22(19(4)15-21)27(34)32-12-10-31(11-13-32)25-20(5)14-18(3)16-29-25/h8-9,14-17,23-24H,10-13H2,1-7H3,(H,30,33)/t23-,24?/m0/s1. The number of aromatic nitrogens is 1. The fourth-order valence-electron chi connectivity index (χ4n) is 6.09. The summed E-state index contributed by atoms with van der Waals surface area (Å²) in [5.74, 6) is 1.53. The first kappa shape index (κ1) is 24.2. The Morgan fingerprint density at radius 1 is 1.06 bits per heavy atom. The van der Waals surface area contributed by atoms with Gasteiger partial charge in [-0.3, -0.25) is 9.59 Å². The third-order valence-corrected chi connectivity index (χ3v) is 7.53. The van der Waals surface area contributed by atoms with Crippen LogP contribution in [0.15, 0.2) is 30.5 Å². The van der Waals surface area contributed by atoms with Gasteiger partial charge in [-0.25, -0.2) is 4.98 Å². The van der Waals surface area contributed by atoms with E-state index in [2.05, 4.69) is 62.8 Å². The van der Waals surface area contributed by atoms with Gasteiger partial charge in [0.05, 0.1) is 5.92 Å². The van der Waals surface area contributed by atoms with Gasteiger partial charge in [0.2, 0.25) is 5.91 Å². The third-order valence-electron chi connectivity index (χ3n) is 7.53. The number of nitrogens with one attached hydrogen (secondary N) is 1. The average molecular weight is 463 g/mol. The Balaban J connectivity index is 1.48. The van der Waals surface area contributed by atoms with Crippen molar-refractivity contribution in [3.05, 3.63) is 58.3 Å². The number of benzene rings is 1. The predicted octanol–water partition coefficient (Wildman–Crippen LogP) is 4.23. The first-order chi connectivity index (χ1) is 16.0. The molecule has 2 aliphatic rings. The van der Waals surface area contributed by atoms with Crippen LogP contribution in [0.3, 0.4) is 0 Å². The second kappa shape index (κ2) is 9.05. The van der Waals surface area contributed by atoms with Crippen molar-refractivity contribution in [2.75, 3.05) is 31.1 Å². The molecule has 2 aromatic rings. The van der Waals surface area contributed by atoms with Gasteiger partial charge in [-0.2, -0.15) is 0 Å². The second-order valence-corrected chi connectivity index (χ2v) is 11.0. The van der Waals surface area contributed by atoms with E-state index in [9.17, 15) is 9.59 Å². The molecular formula is C28H38N4O2. The number of aryl methyl sites for hydroxylation is 3. The zero-order chi connectivity index (χ0) is 24.8. The van der Waals surface area contributed by atoms with E-state index in [1.165, 1.54) is 5.56 Å². The Morgan fingerprint density at radius 3 is 2.32 bits per heavy atom. The number of carbonyl (C=O) groups excluding carboxylic acids is 2. The topological polar surface area (TPSA) is 65.5 Å². The summed E-state index contributed by atoms with van der Waals surface area (Å²) in [6, 6.07) is 8.10. The first-order valence-electron chi connectivity index (χ1n) is 12.4. The fraction of sp³-hybridized carbons (Fsp3) is 0.536. The predicted molar refractivity (Wildman–Crippen MR) is 136 cm³/mol. The van der Waals surface area contributed by atoms with Crippen molar-refractivity contribution in [2.45, 2.75) is 59.9 Å². The maximum Gasteiger partial charge on any atom is 0.254 e. The summed E-state index contributed by atoms with van der Waals surface area (Å²) < 4.78 is 0. The molecule has 6 nitrogen and oxygen atoms in total. The maximum atomic E-state index is 13.4. The van der Waals surface area contributed by atoms with Gasteiger partial charge in [-0.1, -0.05) is 32.0 Å². The molecule has 1 unspecified atom stereocenters. The smallest absolute Gasteiger partial charge is 0.254 e. The molecular weight excluding hydrogens is 424 g/mol. The van der Waals surface area contributed by atoms with E-state index >= 15 is 0 Å². The Labute approximate surface area is 203 Å². The van der Waals surface area contributed by atoms with Crippen LogP contribution >= 0.6 is 0 Å². The summed E-state index contributed by atoms with van der Waals surface area (Å²) in [4.78, 5) is 35.1. The number of amides is 2. The SMILES string of the molecule is Cc1cnc(N2CCN(C(=O)c3ccc([C@@H]4C(=O)NC(C)(C)C4C(C)C)cc3C)CC2)c(C)c1. The summed E-state index contributed by atoms with van der Waals surface area (Å²) >= 11 is 0. The molecule has 3 heterocycles. The fourth-order valence-corrected chi connectivity index (χ4v) is 6.09. The second-order valence-electron chi connectivity index (χ2n) is 11.0. The number of rotatable bonds is 4. The van der Waals surface area contributed by atoms with E-state index in [1.54, 1.807) is 0 Å². The highest BCUT2D eigenvalue weighted by molar-refractivity contribution is 5.96. The number of hydrogen-bond donors (Lipinski definition) is 1. The lowest BCUT2D eigenvalue weighted by atomic mass is 9.72. The number of anilines is 1. The molecule has 34 heavy (non-hydrogen) atoms. The molecule has 2 atom stereocenters. The van der Waals surface area contributed by atoms with Crippen LogP contribution in [0, 0.1) is 32.6 Å². The maximum absolute atomic E-state index is 13.4. The van der Waals surface area contributed by atoms with E-state index in [0.717, 1.165) is 41.2 Å². The Hall–Kier alpha value is -2.89. The van der Waals surface area contributed by atoms with Gasteiger partial charge in [0.15, 0.2) is 0 Å². The monoisotopic (exact) mass is 462 g/mol. The van der Waals surface area contributed by atoms with Crippen LogP contribution in [0.4, 0.5) is 5.82 Å². The Bertz CT molecular complexity index is 1100. The zero-order valence-electron chi connectivity index (χ0n) is 21.6. The summed E-state index contributed by atoms with van der Waals surface area (Å²) in [6.45, 7) is 17.6. The number of carbonyl (C=O) groups is 2. The van der Waals surface area contributed by atoms with Crippen LogP contribution < -0.4 is 10.2 Å². The molecule has 1 aromatic carbocycles. The zero-order valence-corrected chi connectivity index (χ0v) is 21.6. The van der Waals surface area contributed by atoms with Gasteiger partial charge in [-0.15, -0.1) is 0 Å². The average Bonchev–Trinajstić information content (AvgIpc) is 3.01. The van der Waals surface area contributed by atoms with E-state index < -0.39 is 0 Å². The Morgan fingerprint density at radius 2 is 1.74 bits per heavy atom. The minimum absolute atomic E-state index is 0.0638. The number of pyridine rings is 1. The summed E-state index contributed by atoms with van der Waals surface area (Å²) in [7, 11) is 0.